The Morgan fingerprint density at radius 1 is 1.33 bits per heavy atom. The highest BCUT2D eigenvalue weighted by molar-refractivity contribution is 5.96. The molecule has 2 rings (SSSR count). The molecular formula is C11H10N2O2. The van der Waals surface area contributed by atoms with Crippen molar-refractivity contribution in [1.82, 2.24) is 10.1 Å². The number of nitrogens with zero attached hydrogens (tertiary/aromatic N) is 2. The maximum absolute atomic E-state index is 11.7. The fourth-order valence-corrected chi connectivity index (χ4v) is 1.28. The molecule has 0 aliphatic heterocycles. The van der Waals surface area contributed by atoms with E-state index >= 15 is 0 Å². The summed E-state index contributed by atoms with van der Waals surface area (Å²) in [5.41, 5.74) is 0.661. The molecule has 1 aromatic heterocycles. The highest BCUT2D eigenvalue weighted by atomic mass is 16.5. The Morgan fingerprint density at radius 3 is 2.67 bits per heavy atom. The van der Waals surface area contributed by atoms with Crippen LogP contribution in [0.25, 0.3) is 0 Å². The number of hydrogen-bond donors (Lipinski definition) is 0. The smallest absolute Gasteiger partial charge is 0.234 e. The number of benzene rings is 1. The molecule has 1 aromatic carbocycles. The second-order valence-corrected chi connectivity index (χ2v) is 3.20. The first-order chi connectivity index (χ1) is 7.25. The molecule has 0 aliphatic rings. The standard InChI is InChI=1S/C11H10N2O2/c1-8-12-11(15-13-8)7-10(14)9-5-3-2-4-6-9/h2-6H,7H2,1H3. The molecule has 0 fully saturated rings. The van der Waals surface area contributed by atoms with Gasteiger partial charge in [0.25, 0.3) is 0 Å². The summed E-state index contributed by atoms with van der Waals surface area (Å²) in [5, 5.41) is 3.63. The summed E-state index contributed by atoms with van der Waals surface area (Å²) in [6.45, 7) is 1.72. The van der Waals surface area contributed by atoms with Gasteiger partial charge in [-0.1, -0.05) is 35.5 Å². The lowest BCUT2D eigenvalue weighted by Crippen LogP contribution is -2.03. The Hall–Kier alpha value is -1.97. The van der Waals surface area contributed by atoms with Crippen LogP contribution in [0.5, 0.6) is 0 Å². The third-order valence-electron chi connectivity index (χ3n) is 1.98. The fraction of sp³-hybridized carbons (Fsp3) is 0.182. The van der Waals surface area contributed by atoms with Crippen LogP contribution in [-0.2, 0) is 6.42 Å². The summed E-state index contributed by atoms with van der Waals surface area (Å²) in [6, 6.07) is 9.06. The van der Waals surface area contributed by atoms with Gasteiger partial charge in [0.2, 0.25) is 5.89 Å². The van der Waals surface area contributed by atoms with Crippen LogP contribution < -0.4 is 0 Å². The predicted molar refractivity (Wildman–Crippen MR) is 53.5 cm³/mol. The third kappa shape index (κ3) is 2.28. The van der Waals surface area contributed by atoms with Gasteiger partial charge in [-0.3, -0.25) is 4.79 Å². The van der Waals surface area contributed by atoms with E-state index in [4.69, 9.17) is 4.52 Å². The molecule has 2 aromatic rings. The molecule has 0 aliphatic carbocycles. The quantitative estimate of drug-likeness (QED) is 0.712. The summed E-state index contributed by atoms with van der Waals surface area (Å²) in [5.74, 6) is 0.895. The van der Waals surface area contributed by atoms with Crippen LogP contribution in [0.4, 0.5) is 0 Å². The zero-order chi connectivity index (χ0) is 10.7. The normalized spacial score (nSPS) is 10.2. The molecule has 4 heteroatoms. The molecule has 0 saturated carbocycles. The van der Waals surface area contributed by atoms with E-state index in [9.17, 15) is 4.79 Å². The van der Waals surface area contributed by atoms with Crippen LogP contribution in [0.2, 0.25) is 0 Å². The summed E-state index contributed by atoms with van der Waals surface area (Å²) >= 11 is 0. The summed E-state index contributed by atoms with van der Waals surface area (Å²) in [6.07, 6.45) is 0.158. The van der Waals surface area contributed by atoms with Crippen LogP contribution in [0.3, 0.4) is 0 Å². The Kier molecular flexibility index (Phi) is 2.58. The van der Waals surface area contributed by atoms with Crippen LogP contribution in [0.1, 0.15) is 22.1 Å². The van der Waals surface area contributed by atoms with Crippen LogP contribution >= 0.6 is 0 Å². The molecule has 1 heterocycles. The molecule has 0 spiro atoms. The summed E-state index contributed by atoms with van der Waals surface area (Å²) < 4.78 is 4.87. The number of aryl methyl sites for hydroxylation is 1. The van der Waals surface area contributed by atoms with E-state index in [-0.39, 0.29) is 12.2 Å². The molecule has 0 radical (unpaired) electrons. The first-order valence-corrected chi connectivity index (χ1v) is 4.63. The molecule has 0 N–H and O–H groups in total. The second kappa shape index (κ2) is 4.04. The van der Waals surface area contributed by atoms with Gasteiger partial charge in [-0.05, 0) is 6.92 Å². The zero-order valence-electron chi connectivity index (χ0n) is 8.30. The molecule has 0 saturated heterocycles. The van der Waals surface area contributed by atoms with Gasteiger partial charge in [0, 0.05) is 5.56 Å². The van der Waals surface area contributed by atoms with Gasteiger partial charge in [0.15, 0.2) is 11.6 Å². The first kappa shape index (κ1) is 9.58. The largest absolute Gasteiger partial charge is 0.339 e. The Balaban J connectivity index is 2.11. The van der Waals surface area contributed by atoms with Crippen molar-refractivity contribution < 1.29 is 9.32 Å². The molecule has 0 amide bonds. The van der Waals surface area contributed by atoms with Crippen molar-refractivity contribution in [3.8, 4) is 0 Å². The van der Waals surface area contributed by atoms with Crippen molar-refractivity contribution in [2.45, 2.75) is 13.3 Å². The van der Waals surface area contributed by atoms with E-state index in [1.54, 1.807) is 19.1 Å². The van der Waals surface area contributed by atoms with Crippen molar-refractivity contribution in [3.63, 3.8) is 0 Å². The minimum absolute atomic E-state index is 0.0146. The maximum Gasteiger partial charge on any atom is 0.234 e. The molecule has 76 valence electrons. The van der Waals surface area contributed by atoms with E-state index in [0.717, 1.165) is 0 Å². The maximum atomic E-state index is 11.7. The first-order valence-electron chi connectivity index (χ1n) is 4.63. The predicted octanol–water partition coefficient (Wildman–Crippen LogP) is 1.80. The molecule has 4 nitrogen and oxygen atoms in total. The molecule has 0 bridgehead atoms. The molecule has 0 atom stereocenters. The van der Waals surface area contributed by atoms with Crippen molar-refractivity contribution in [3.05, 3.63) is 47.6 Å². The lowest BCUT2D eigenvalue weighted by Gasteiger charge is -1.95. The number of rotatable bonds is 3. The second-order valence-electron chi connectivity index (χ2n) is 3.20. The van der Waals surface area contributed by atoms with Crippen molar-refractivity contribution in [1.29, 1.82) is 0 Å². The number of hydrogen-bond acceptors (Lipinski definition) is 4. The van der Waals surface area contributed by atoms with Gasteiger partial charge in [-0.2, -0.15) is 4.98 Å². The number of aromatic nitrogens is 2. The topological polar surface area (TPSA) is 56.0 Å². The Bertz CT molecular complexity index is 462. The summed E-state index contributed by atoms with van der Waals surface area (Å²) in [7, 11) is 0. The number of ketones is 1. The monoisotopic (exact) mass is 202 g/mol. The van der Waals surface area contributed by atoms with Crippen LogP contribution in [0.15, 0.2) is 34.9 Å². The minimum atomic E-state index is -0.0146. The average Bonchev–Trinajstić information content (AvgIpc) is 2.65. The van der Waals surface area contributed by atoms with E-state index < -0.39 is 0 Å². The molecular weight excluding hydrogens is 192 g/mol. The number of Topliss-reactive ketones (excluding diaryl/α,β-unsaturated/α-hetero) is 1. The number of carbonyl (C=O) groups is 1. The van der Waals surface area contributed by atoms with E-state index in [1.807, 2.05) is 18.2 Å². The lowest BCUT2D eigenvalue weighted by molar-refractivity contribution is 0.0983. The van der Waals surface area contributed by atoms with Crippen LogP contribution in [0, 0.1) is 6.92 Å². The average molecular weight is 202 g/mol. The highest BCUT2D eigenvalue weighted by Crippen LogP contribution is 2.05. The van der Waals surface area contributed by atoms with Crippen molar-refractivity contribution in [2.24, 2.45) is 0 Å². The van der Waals surface area contributed by atoms with E-state index in [1.165, 1.54) is 0 Å². The van der Waals surface area contributed by atoms with Crippen molar-refractivity contribution in [2.75, 3.05) is 0 Å². The zero-order valence-corrected chi connectivity index (χ0v) is 8.30. The van der Waals surface area contributed by atoms with Gasteiger partial charge in [-0.15, -0.1) is 0 Å². The Morgan fingerprint density at radius 2 is 2.07 bits per heavy atom. The van der Waals surface area contributed by atoms with Crippen molar-refractivity contribution >= 4 is 5.78 Å². The fourth-order valence-electron chi connectivity index (χ4n) is 1.28. The van der Waals surface area contributed by atoms with Crippen LogP contribution in [-0.4, -0.2) is 15.9 Å². The minimum Gasteiger partial charge on any atom is -0.339 e. The number of carbonyl (C=O) groups excluding carboxylic acids is 1. The van der Waals surface area contributed by atoms with Gasteiger partial charge >= 0.3 is 0 Å². The Labute approximate surface area is 86.9 Å². The highest BCUT2D eigenvalue weighted by Gasteiger charge is 2.10. The molecule has 0 unspecified atom stereocenters. The summed E-state index contributed by atoms with van der Waals surface area (Å²) in [4.78, 5) is 15.7. The van der Waals surface area contributed by atoms with Gasteiger partial charge < -0.3 is 4.52 Å². The lowest BCUT2D eigenvalue weighted by atomic mass is 10.1. The van der Waals surface area contributed by atoms with Gasteiger partial charge in [0.05, 0.1) is 6.42 Å². The van der Waals surface area contributed by atoms with E-state index in [2.05, 4.69) is 10.1 Å². The SMILES string of the molecule is Cc1noc(CC(=O)c2ccccc2)n1. The van der Waals surface area contributed by atoms with Gasteiger partial charge in [0.1, 0.15) is 0 Å². The van der Waals surface area contributed by atoms with Gasteiger partial charge in [-0.25, -0.2) is 0 Å². The third-order valence-corrected chi connectivity index (χ3v) is 1.98. The van der Waals surface area contributed by atoms with E-state index in [0.29, 0.717) is 17.3 Å². The molecule has 15 heavy (non-hydrogen) atoms.